The minimum Gasteiger partial charge on any atom is -0.449 e. The van der Waals surface area contributed by atoms with Crippen molar-refractivity contribution in [3.63, 3.8) is 0 Å². The number of aryl methyl sites for hydroxylation is 1. The molecule has 0 aliphatic carbocycles. The molecule has 4 N–H and O–H groups in total. The number of H-pyrrole nitrogens is 1. The Morgan fingerprint density at radius 1 is 1.16 bits per heavy atom. The van der Waals surface area contributed by atoms with Crippen molar-refractivity contribution in [3.05, 3.63) is 76.5 Å². The standard InChI is InChI=1S/C20H20N4O6S/c1-12-11-22-20(27)24(12)16-8-6-14(7-9-16)19(26)30-13(2)18(25)23-15-4-3-5-17(10-15)31(21,28)29/h3-11,13H,1-2H3,(H,22,27)(H,23,25)(H2,21,28,29). The Morgan fingerprint density at radius 3 is 2.42 bits per heavy atom. The van der Waals surface area contributed by atoms with Crippen LogP contribution < -0.4 is 16.1 Å². The molecule has 162 valence electrons. The number of carbonyl (C=O) groups is 2. The summed E-state index contributed by atoms with van der Waals surface area (Å²) in [5, 5.41) is 7.55. The van der Waals surface area contributed by atoms with Crippen LogP contribution >= 0.6 is 0 Å². The molecule has 0 bridgehead atoms. The number of esters is 1. The lowest BCUT2D eigenvalue weighted by atomic mass is 10.2. The number of nitrogens with two attached hydrogens (primary N) is 1. The van der Waals surface area contributed by atoms with Crippen molar-refractivity contribution in [2.24, 2.45) is 5.14 Å². The van der Waals surface area contributed by atoms with E-state index in [1.54, 1.807) is 25.3 Å². The first-order chi connectivity index (χ1) is 14.6. The highest BCUT2D eigenvalue weighted by molar-refractivity contribution is 7.89. The SMILES string of the molecule is Cc1c[nH]c(=O)n1-c1ccc(C(=O)OC(C)C(=O)Nc2cccc(S(N)(=O)=O)c2)cc1. The Balaban J connectivity index is 1.66. The molecule has 0 saturated carbocycles. The van der Waals surface area contributed by atoms with E-state index in [0.717, 1.165) is 0 Å². The Bertz CT molecular complexity index is 1290. The van der Waals surface area contributed by atoms with E-state index < -0.39 is 28.0 Å². The van der Waals surface area contributed by atoms with Crippen LogP contribution in [0.25, 0.3) is 5.69 Å². The predicted octanol–water partition coefficient (Wildman–Crippen LogP) is 1.31. The van der Waals surface area contributed by atoms with Gasteiger partial charge in [-0.2, -0.15) is 0 Å². The largest absolute Gasteiger partial charge is 0.449 e. The van der Waals surface area contributed by atoms with Gasteiger partial charge in [0, 0.05) is 17.6 Å². The number of aromatic amines is 1. The molecule has 0 spiro atoms. The molecule has 0 aliphatic heterocycles. The molecule has 2 aromatic carbocycles. The first-order valence-corrected chi connectivity index (χ1v) is 10.6. The van der Waals surface area contributed by atoms with Gasteiger partial charge in [0.15, 0.2) is 6.10 Å². The van der Waals surface area contributed by atoms with E-state index in [0.29, 0.717) is 11.4 Å². The summed E-state index contributed by atoms with van der Waals surface area (Å²) in [4.78, 5) is 38.9. The zero-order chi connectivity index (χ0) is 22.8. The van der Waals surface area contributed by atoms with Crippen LogP contribution in [0.1, 0.15) is 23.0 Å². The second kappa shape index (κ2) is 8.58. The summed E-state index contributed by atoms with van der Waals surface area (Å²) in [5.74, 6) is -1.38. The van der Waals surface area contributed by atoms with Gasteiger partial charge in [-0.3, -0.25) is 9.36 Å². The molecule has 3 aromatic rings. The number of nitrogens with zero attached hydrogens (tertiary/aromatic N) is 1. The average Bonchev–Trinajstić information content (AvgIpc) is 3.05. The van der Waals surface area contributed by atoms with E-state index in [1.165, 1.54) is 47.9 Å². The normalized spacial score (nSPS) is 12.2. The molecule has 1 atom stereocenters. The zero-order valence-electron chi connectivity index (χ0n) is 16.7. The fraction of sp³-hybridized carbons (Fsp3) is 0.150. The van der Waals surface area contributed by atoms with Crippen LogP contribution in [0.2, 0.25) is 0 Å². The maximum absolute atomic E-state index is 12.4. The molecule has 1 aromatic heterocycles. The third kappa shape index (κ3) is 5.08. The van der Waals surface area contributed by atoms with E-state index in [1.807, 2.05) is 0 Å². The first kappa shape index (κ1) is 22.0. The number of amides is 1. The van der Waals surface area contributed by atoms with Gasteiger partial charge in [0.25, 0.3) is 5.91 Å². The molecule has 1 heterocycles. The van der Waals surface area contributed by atoms with Crippen molar-refractivity contribution in [3.8, 4) is 5.69 Å². The number of carbonyl (C=O) groups excluding carboxylic acids is 2. The molecule has 0 radical (unpaired) electrons. The number of rotatable bonds is 6. The topological polar surface area (TPSA) is 153 Å². The molecule has 11 heteroatoms. The molecule has 0 aliphatic rings. The second-order valence-electron chi connectivity index (χ2n) is 6.73. The Labute approximate surface area is 177 Å². The summed E-state index contributed by atoms with van der Waals surface area (Å²) >= 11 is 0. The summed E-state index contributed by atoms with van der Waals surface area (Å²) < 4.78 is 29.5. The van der Waals surface area contributed by atoms with Gasteiger partial charge in [-0.15, -0.1) is 0 Å². The number of benzene rings is 2. The van der Waals surface area contributed by atoms with Crippen molar-refractivity contribution >= 4 is 27.6 Å². The number of primary sulfonamides is 1. The monoisotopic (exact) mass is 444 g/mol. The van der Waals surface area contributed by atoms with E-state index >= 15 is 0 Å². The van der Waals surface area contributed by atoms with Gasteiger partial charge < -0.3 is 15.0 Å². The van der Waals surface area contributed by atoms with Crippen LogP contribution in [0.15, 0.2) is 64.4 Å². The van der Waals surface area contributed by atoms with Crippen molar-refractivity contribution in [2.75, 3.05) is 5.32 Å². The average molecular weight is 444 g/mol. The van der Waals surface area contributed by atoms with Gasteiger partial charge in [0.05, 0.1) is 16.1 Å². The van der Waals surface area contributed by atoms with E-state index in [4.69, 9.17) is 9.88 Å². The van der Waals surface area contributed by atoms with Crippen LogP contribution in [-0.4, -0.2) is 35.9 Å². The van der Waals surface area contributed by atoms with Gasteiger partial charge in [0.2, 0.25) is 10.0 Å². The van der Waals surface area contributed by atoms with Gasteiger partial charge in [-0.05, 0) is 56.3 Å². The highest BCUT2D eigenvalue weighted by atomic mass is 32.2. The van der Waals surface area contributed by atoms with Crippen molar-refractivity contribution in [1.29, 1.82) is 0 Å². The van der Waals surface area contributed by atoms with Gasteiger partial charge >= 0.3 is 11.7 Å². The molecular weight excluding hydrogens is 424 g/mol. The molecule has 3 rings (SSSR count). The number of hydrogen-bond acceptors (Lipinski definition) is 6. The molecule has 0 saturated heterocycles. The summed E-state index contributed by atoms with van der Waals surface area (Å²) in [6, 6.07) is 11.5. The number of anilines is 1. The lowest BCUT2D eigenvalue weighted by Gasteiger charge is -2.14. The van der Waals surface area contributed by atoms with E-state index in [9.17, 15) is 22.8 Å². The quantitative estimate of drug-likeness (QED) is 0.487. The van der Waals surface area contributed by atoms with Crippen LogP contribution in [0, 0.1) is 6.92 Å². The smallest absolute Gasteiger partial charge is 0.338 e. The predicted molar refractivity (Wildman–Crippen MR) is 112 cm³/mol. The molecule has 0 fully saturated rings. The Kier molecular flexibility index (Phi) is 6.09. The molecule has 31 heavy (non-hydrogen) atoms. The number of aromatic nitrogens is 2. The molecule has 1 unspecified atom stereocenters. The number of ether oxygens (including phenoxy) is 1. The molecule has 1 amide bonds. The van der Waals surface area contributed by atoms with Gasteiger partial charge in [0.1, 0.15) is 0 Å². The van der Waals surface area contributed by atoms with Crippen LogP contribution in [0.3, 0.4) is 0 Å². The number of sulfonamides is 1. The first-order valence-electron chi connectivity index (χ1n) is 9.08. The Hall–Kier alpha value is -3.70. The third-order valence-electron chi connectivity index (χ3n) is 4.40. The number of nitrogens with one attached hydrogen (secondary N) is 2. The van der Waals surface area contributed by atoms with E-state index in [2.05, 4.69) is 10.3 Å². The zero-order valence-corrected chi connectivity index (χ0v) is 17.5. The summed E-state index contributed by atoms with van der Waals surface area (Å²) in [6.45, 7) is 3.15. The van der Waals surface area contributed by atoms with Crippen molar-refractivity contribution in [2.45, 2.75) is 24.8 Å². The maximum atomic E-state index is 12.4. The minimum atomic E-state index is -3.92. The minimum absolute atomic E-state index is 0.160. The van der Waals surface area contributed by atoms with Gasteiger partial charge in [-0.25, -0.2) is 23.1 Å². The number of hydrogen-bond donors (Lipinski definition) is 3. The van der Waals surface area contributed by atoms with Gasteiger partial charge in [-0.1, -0.05) is 6.07 Å². The summed E-state index contributed by atoms with van der Waals surface area (Å²) in [5.41, 5.74) is 1.36. The third-order valence-corrected chi connectivity index (χ3v) is 5.32. The number of imidazole rings is 1. The maximum Gasteiger partial charge on any atom is 0.338 e. The van der Waals surface area contributed by atoms with Crippen molar-refractivity contribution in [1.82, 2.24) is 9.55 Å². The van der Waals surface area contributed by atoms with Crippen molar-refractivity contribution < 1.29 is 22.7 Å². The summed E-state index contributed by atoms with van der Waals surface area (Å²) in [6.07, 6.45) is 0.420. The summed E-state index contributed by atoms with van der Waals surface area (Å²) in [7, 11) is -3.92. The molecule has 10 nitrogen and oxygen atoms in total. The van der Waals surface area contributed by atoms with Crippen LogP contribution in [0.4, 0.5) is 5.69 Å². The van der Waals surface area contributed by atoms with Crippen LogP contribution in [-0.2, 0) is 19.6 Å². The molecular formula is C20H20N4O6S. The fourth-order valence-corrected chi connectivity index (χ4v) is 3.36. The second-order valence-corrected chi connectivity index (χ2v) is 8.29. The lowest BCUT2D eigenvalue weighted by molar-refractivity contribution is -0.123. The highest BCUT2D eigenvalue weighted by Crippen LogP contribution is 2.16. The lowest BCUT2D eigenvalue weighted by Crippen LogP contribution is -2.30. The Morgan fingerprint density at radius 2 is 1.84 bits per heavy atom. The highest BCUT2D eigenvalue weighted by Gasteiger charge is 2.20. The van der Waals surface area contributed by atoms with Crippen LogP contribution in [0.5, 0.6) is 0 Å². The fourth-order valence-electron chi connectivity index (χ4n) is 2.80. The van der Waals surface area contributed by atoms with E-state index in [-0.39, 0.29) is 21.8 Å².